The van der Waals surface area contributed by atoms with Crippen molar-refractivity contribution in [1.82, 2.24) is 0 Å². The van der Waals surface area contributed by atoms with E-state index in [0.29, 0.717) is 0 Å². The topological polar surface area (TPSA) is 26.0 Å². The van der Waals surface area contributed by atoms with Crippen molar-refractivity contribution < 1.29 is 0 Å². The first kappa shape index (κ1) is 10.7. The van der Waals surface area contributed by atoms with Crippen molar-refractivity contribution >= 4 is 22.6 Å². The molecule has 1 aromatic rings. The van der Waals surface area contributed by atoms with Gasteiger partial charge in [-0.05, 0) is 53.1 Å². The molecule has 70 valence electrons. The van der Waals surface area contributed by atoms with E-state index in [1.54, 1.807) is 0 Å². The van der Waals surface area contributed by atoms with Crippen LogP contribution in [0.15, 0.2) is 30.9 Å². The lowest BCUT2D eigenvalue weighted by Gasteiger charge is -2.10. The number of hydrogen-bond donors (Lipinski definition) is 1. The Balaban J connectivity index is 2.89. The first-order chi connectivity index (χ1) is 6.15. The Kier molecular flexibility index (Phi) is 3.93. The van der Waals surface area contributed by atoms with Crippen LogP contribution >= 0.6 is 22.6 Å². The molecule has 2 N–H and O–H groups in total. The van der Waals surface area contributed by atoms with Crippen molar-refractivity contribution in [3.63, 3.8) is 0 Å². The molecule has 0 aromatic heterocycles. The first-order valence-electron chi connectivity index (χ1n) is 4.27. The predicted octanol–water partition coefficient (Wildman–Crippen LogP) is 3.18. The average Bonchev–Trinajstić information content (AvgIpc) is 2.10. The van der Waals surface area contributed by atoms with Gasteiger partial charge in [0.05, 0.1) is 0 Å². The van der Waals surface area contributed by atoms with Crippen LogP contribution in [0.25, 0.3) is 0 Å². The summed E-state index contributed by atoms with van der Waals surface area (Å²) in [4.78, 5) is 0. The molecule has 2 heteroatoms. The van der Waals surface area contributed by atoms with E-state index in [0.717, 1.165) is 6.42 Å². The predicted molar refractivity (Wildman–Crippen MR) is 65.6 cm³/mol. The summed E-state index contributed by atoms with van der Waals surface area (Å²) >= 11 is 2.33. The van der Waals surface area contributed by atoms with E-state index in [9.17, 15) is 0 Å². The third-order valence-corrected chi connectivity index (χ3v) is 3.21. The van der Waals surface area contributed by atoms with Crippen LogP contribution < -0.4 is 5.73 Å². The number of halogens is 1. The summed E-state index contributed by atoms with van der Waals surface area (Å²) in [7, 11) is 0. The van der Waals surface area contributed by atoms with E-state index in [1.807, 2.05) is 6.08 Å². The molecule has 1 nitrogen and oxygen atoms in total. The molecular formula is C11H14IN. The Morgan fingerprint density at radius 2 is 2.31 bits per heavy atom. The van der Waals surface area contributed by atoms with Gasteiger partial charge in [0.1, 0.15) is 0 Å². The smallest absolute Gasteiger partial charge is 0.0330 e. The van der Waals surface area contributed by atoms with Crippen molar-refractivity contribution in [1.29, 1.82) is 0 Å². The van der Waals surface area contributed by atoms with Gasteiger partial charge >= 0.3 is 0 Å². The van der Waals surface area contributed by atoms with Gasteiger partial charge in [0.2, 0.25) is 0 Å². The van der Waals surface area contributed by atoms with Gasteiger partial charge < -0.3 is 5.73 Å². The molecule has 0 fully saturated rings. The minimum atomic E-state index is 0.0895. The Bertz CT molecular complexity index is 307. The van der Waals surface area contributed by atoms with Crippen molar-refractivity contribution in [2.24, 2.45) is 5.73 Å². The second kappa shape index (κ2) is 4.77. The van der Waals surface area contributed by atoms with Crippen LogP contribution in [0.4, 0.5) is 0 Å². The Morgan fingerprint density at radius 3 is 2.85 bits per heavy atom. The number of hydrogen-bond acceptors (Lipinski definition) is 1. The number of rotatable bonds is 3. The molecule has 0 amide bonds. The Morgan fingerprint density at radius 1 is 1.62 bits per heavy atom. The van der Waals surface area contributed by atoms with Crippen molar-refractivity contribution in [3.8, 4) is 0 Å². The van der Waals surface area contributed by atoms with E-state index < -0.39 is 0 Å². The fraction of sp³-hybridized carbons (Fsp3) is 0.273. The van der Waals surface area contributed by atoms with Crippen molar-refractivity contribution in [2.45, 2.75) is 19.4 Å². The lowest BCUT2D eigenvalue weighted by atomic mass is 10.0. The molecule has 1 unspecified atom stereocenters. The van der Waals surface area contributed by atoms with E-state index in [1.165, 1.54) is 14.7 Å². The van der Waals surface area contributed by atoms with Crippen LogP contribution in [0.3, 0.4) is 0 Å². The average molecular weight is 287 g/mol. The Hall–Kier alpha value is -0.350. The first-order valence-corrected chi connectivity index (χ1v) is 5.35. The molecule has 1 rings (SSSR count). The molecule has 0 aliphatic rings. The zero-order chi connectivity index (χ0) is 9.84. The summed E-state index contributed by atoms with van der Waals surface area (Å²) in [6, 6.07) is 6.43. The monoisotopic (exact) mass is 287 g/mol. The second-order valence-corrected chi connectivity index (χ2v) is 4.30. The fourth-order valence-corrected chi connectivity index (χ4v) is 1.69. The quantitative estimate of drug-likeness (QED) is 0.670. The summed E-state index contributed by atoms with van der Waals surface area (Å²) in [5.41, 5.74) is 8.44. The van der Waals surface area contributed by atoms with Crippen LogP contribution in [0.5, 0.6) is 0 Å². The summed E-state index contributed by atoms with van der Waals surface area (Å²) in [5, 5.41) is 0. The largest absolute Gasteiger partial charge is 0.324 e. The summed E-state index contributed by atoms with van der Waals surface area (Å²) in [6.07, 6.45) is 2.69. The van der Waals surface area contributed by atoms with E-state index in [2.05, 4.69) is 54.3 Å². The molecule has 1 aromatic carbocycles. The number of aryl methyl sites for hydroxylation is 1. The van der Waals surface area contributed by atoms with E-state index in [-0.39, 0.29) is 6.04 Å². The molecule has 0 bridgehead atoms. The highest BCUT2D eigenvalue weighted by molar-refractivity contribution is 14.1. The van der Waals surface area contributed by atoms with Gasteiger partial charge in [0.25, 0.3) is 0 Å². The lowest BCUT2D eigenvalue weighted by molar-refractivity contribution is 0.741. The standard InChI is InChI=1S/C11H14IN/c1-3-4-11(13)9-6-5-8(2)10(12)7-9/h3,5-7,11H,1,4,13H2,2H3. The summed E-state index contributed by atoms with van der Waals surface area (Å²) < 4.78 is 1.27. The van der Waals surface area contributed by atoms with Gasteiger partial charge in [0, 0.05) is 9.61 Å². The van der Waals surface area contributed by atoms with Crippen LogP contribution in [0.2, 0.25) is 0 Å². The third kappa shape index (κ3) is 2.81. The number of benzene rings is 1. The second-order valence-electron chi connectivity index (χ2n) is 3.14. The molecule has 13 heavy (non-hydrogen) atoms. The highest BCUT2D eigenvalue weighted by Crippen LogP contribution is 2.19. The Labute approximate surface area is 93.2 Å². The minimum Gasteiger partial charge on any atom is -0.324 e. The zero-order valence-corrected chi connectivity index (χ0v) is 9.91. The third-order valence-electron chi connectivity index (χ3n) is 2.04. The van der Waals surface area contributed by atoms with E-state index >= 15 is 0 Å². The van der Waals surface area contributed by atoms with Gasteiger partial charge in [-0.15, -0.1) is 6.58 Å². The van der Waals surface area contributed by atoms with Crippen LogP contribution in [-0.4, -0.2) is 0 Å². The molecule has 0 heterocycles. The van der Waals surface area contributed by atoms with E-state index in [4.69, 9.17) is 5.73 Å². The molecule has 0 aliphatic heterocycles. The fourth-order valence-electron chi connectivity index (χ4n) is 1.16. The molecule has 1 atom stereocenters. The molecule has 0 saturated heterocycles. The molecular weight excluding hydrogens is 273 g/mol. The summed E-state index contributed by atoms with van der Waals surface area (Å²) in [5.74, 6) is 0. The van der Waals surface area contributed by atoms with Gasteiger partial charge in [-0.2, -0.15) is 0 Å². The SMILES string of the molecule is C=CCC(N)c1ccc(C)c(I)c1. The van der Waals surface area contributed by atoms with Crippen LogP contribution in [0.1, 0.15) is 23.6 Å². The van der Waals surface area contributed by atoms with Crippen molar-refractivity contribution in [3.05, 3.63) is 45.6 Å². The lowest BCUT2D eigenvalue weighted by Crippen LogP contribution is -2.09. The highest BCUT2D eigenvalue weighted by atomic mass is 127. The van der Waals surface area contributed by atoms with Gasteiger partial charge in [-0.25, -0.2) is 0 Å². The maximum Gasteiger partial charge on any atom is 0.0330 e. The highest BCUT2D eigenvalue weighted by Gasteiger charge is 2.04. The summed E-state index contributed by atoms with van der Waals surface area (Å²) in [6.45, 7) is 5.79. The van der Waals surface area contributed by atoms with Gasteiger partial charge in [-0.1, -0.05) is 18.2 Å². The van der Waals surface area contributed by atoms with Crippen LogP contribution in [0, 0.1) is 10.5 Å². The maximum atomic E-state index is 5.95. The number of nitrogens with two attached hydrogens (primary N) is 1. The maximum absolute atomic E-state index is 5.95. The minimum absolute atomic E-state index is 0.0895. The van der Waals surface area contributed by atoms with Gasteiger partial charge in [-0.3, -0.25) is 0 Å². The molecule has 0 spiro atoms. The van der Waals surface area contributed by atoms with Crippen LogP contribution in [-0.2, 0) is 0 Å². The van der Waals surface area contributed by atoms with Crippen molar-refractivity contribution in [2.75, 3.05) is 0 Å². The zero-order valence-electron chi connectivity index (χ0n) is 7.76. The molecule has 0 saturated carbocycles. The molecule has 0 radical (unpaired) electrons. The molecule has 0 aliphatic carbocycles. The normalized spacial score (nSPS) is 12.5. The van der Waals surface area contributed by atoms with Gasteiger partial charge in [0.15, 0.2) is 0 Å².